The molecule has 4 rings (SSSR count). The lowest BCUT2D eigenvalue weighted by atomic mass is 10.2. The van der Waals surface area contributed by atoms with Gasteiger partial charge in [0, 0.05) is 16.5 Å². The molecule has 0 aliphatic rings. The van der Waals surface area contributed by atoms with Crippen molar-refractivity contribution >= 4 is 45.6 Å². The van der Waals surface area contributed by atoms with Crippen LogP contribution in [-0.4, -0.2) is 15.2 Å². The predicted octanol–water partition coefficient (Wildman–Crippen LogP) is 5.29. The number of thiophene rings is 1. The highest BCUT2D eigenvalue weighted by Gasteiger charge is 2.12. The maximum Gasteiger partial charge on any atom is 0.257 e. The first-order valence-electron chi connectivity index (χ1n) is 6.84. The van der Waals surface area contributed by atoms with Gasteiger partial charge in [-0.15, -0.1) is 33.3 Å². The highest BCUT2D eigenvalue weighted by atomic mass is 35.5. The van der Waals surface area contributed by atoms with Crippen LogP contribution >= 0.6 is 34.7 Å². The Bertz CT molecular complexity index is 961. The van der Waals surface area contributed by atoms with Crippen molar-refractivity contribution in [1.29, 1.82) is 0 Å². The molecule has 1 aromatic carbocycles. The van der Waals surface area contributed by atoms with Gasteiger partial charge in [0.1, 0.15) is 0 Å². The fourth-order valence-electron chi connectivity index (χ4n) is 2.17. The molecule has 0 atom stereocenters. The number of fused-ring (bicyclic) bond motifs is 1. The van der Waals surface area contributed by atoms with E-state index in [1.807, 2.05) is 24.3 Å². The molecular formula is C16H10ClN3OS2. The minimum Gasteiger partial charge on any atom is -0.419 e. The van der Waals surface area contributed by atoms with Crippen LogP contribution in [0.4, 0.5) is 0 Å². The van der Waals surface area contributed by atoms with Crippen LogP contribution in [0.1, 0.15) is 5.89 Å². The fraction of sp³-hybridized carbons (Fsp3) is 0.0625. The Balaban J connectivity index is 1.54. The second-order valence-electron chi connectivity index (χ2n) is 4.72. The molecule has 4 nitrogen and oxygen atoms in total. The van der Waals surface area contributed by atoms with Crippen molar-refractivity contribution < 1.29 is 4.42 Å². The minimum absolute atomic E-state index is 0.508. The van der Waals surface area contributed by atoms with E-state index in [0.29, 0.717) is 21.9 Å². The Kier molecular flexibility index (Phi) is 4.03. The first-order chi connectivity index (χ1) is 11.3. The van der Waals surface area contributed by atoms with Crippen molar-refractivity contribution in [2.24, 2.45) is 0 Å². The van der Waals surface area contributed by atoms with Gasteiger partial charge in [-0.25, -0.2) is 0 Å². The third-order valence-corrected chi connectivity index (χ3v) is 5.45. The van der Waals surface area contributed by atoms with Gasteiger partial charge in [-0.3, -0.25) is 4.98 Å². The van der Waals surface area contributed by atoms with E-state index in [-0.39, 0.29) is 0 Å². The summed E-state index contributed by atoms with van der Waals surface area (Å²) in [5, 5.41) is 9.31. The van der Waals surface area contributed by atoms with Gasteiger partial charge in [0.2, 0.25) is 5.89 Å². The molecule has 0 spiro atoms. The second-order valence-corrected chi connectivity index (χ2v) is 7.46. The second kappa shape index (κ2) is 6.31. The van der Waals surface area contributed by atoms with E-state index in [2.05, 4.69) is 33.4 Å². The van der Waals surface area contributed by atoms with Gasteiger partial charge in [0.25, 0.3) is 5.89 Å². The molecule has 7 heteroatoms. The van der Waals surface area contributed by atoms with Crippen LogP contribution < -0.4 is 0 Å². The van der Waals surface area contributed by atoms with E-state index in [1.165, 1.54) is 11.3 Å². The molecule has 0 N–H and O–H groups in total. The third kappa shape index (κ3) is 3.10. The zero-order chi connectivity index (χ0) is 15.6. The topological polar surface area (TPSA) is 51.8 Å². The molecule has 0 amide bonds. The van der Waals surface area contributed by atoms with Crippen LogP contribution in [0.5, 0.6) is 0 Å². The Labute approximate surface area is 145 Å². The summed E-state index contributed by atoms with van der Waals surface area (Å²) < 4.78 is 6.41. The fourth-order valence-corrected chi connectivity index (χ4v) is 4.02. The Morgan fingerprint density at radius 2 is 2.00 bits per heavy atom. The van der Waals surface area contributed by atoms with E-state index >= 15 is 0 Å². The van der Waals surface area contributed by atoms with E-state index in [9.17, 15) is 0 Å². The number of aromatic nitrogens is 3. The summed E-state index contributed by atoms with van der Waals surface area (Å²) >= 11 is 8.99. The Morgan fingerprint density at radius 3 is 2.87 bits per heavy atom. The number of rotatable bonds is 4. The monoisotopic (exact) mass is 359 g/mol. The van der Waals surface area contributed by atoms with Crippen molar-refractivity contribution in [2.75, 3.05) is 0 Å². The number of halogens is 1. The molecule has 3 heterocycles. The highest BCUT2D eigenvalue weighted by molar-refractivity contribution is 7.98. The third-order valence-electron chi connectivity index (χ3n) is 3.20. The number of benzene rings is 1. The van der Waals surface area contributed by atoms with E-state index in [0.717, 1.165) is 20.7 Å². The average molecular weight is 360 g/mol. The van der Waals surface area contributed by atoms with Crippen LogP contribution in [-0.2, 0) is 5.75 Å². The van der Waals surface area contributed by atoms with Crippen molar-refractivity contribution in [3.8, 4) is 10.8 Å². The van der Waals surface area contributed by atoms with Crippen molar-refractivity contribution in [1.82, 2.24) is 15.2 Å². The molecule has 0 aliphatic carbocycles. The maximum atomic E-state index is 5.93. The van der Waals surface area contributed by atoms with Crippen LogP contribution in [0.3, 0.4) is 0 Å². The van der Waals surface area contributed by atoms with Crippen molar-refractivity contribution in [3.05, 3.63) is 58.9 Å². The van der Waals surface area contributed by atoms with Gasteiger partial charge in [-0.1, -0.05) is 29.8 Å². The standard InChI is InChI=1S/C16H10ClN3OS2/c17-13-7-6-12(23-13)16-20-19-14(21-16)9-22-11-5-1-3-10-4-2-8-18-15(10)11/h1-8H,9H2. The molecule has 0 bridgehead atoms. The summed E-state index contributed by atoms with van der Waals surface area (Å²) in [7, 11) is 0. The number of para-hydroxylation sites is 1. The molecule has 0 saturated carbocycles. The van der Waals surface area contributed by atoms with Gasteiger partial charge >= 0.3 is 0 Å². The average Bonchev–Trinajstić information content (AvgIpc) is 3.21. The SMILES string of the molecule is Clc1ccc(-c2nnc(CSc3cccc4cccnc34)o2)s1. The van der Waals surface area contributed by atoms with Gasteiger partial charge in [-0.05, 0) is 24.3 Å². The van der Waals surface area contributed by atoms with Gasteiger partial charge < -0.3 is 4.42 Å². The first kappa shape index (κ1) is 14.7. The number of thioether (sulfide) groups is 1. The van der Waals surface area contributed by atoms with E-state index < -0.39 is 0 Å². The molecule has 0 unspecified atom stereocenters. The number of hydrogen-bond donors (Lipinski definition) is 0. The molecule has 0 fully saturated rings. The summed E-state index contributed by atoms with van der Waals surface area (Å²) in [5.74, 6) is 1.69. The summed E-state index contributed by atoms with van der Waals surface area (Å²) in [6.07, 6.45) is 1.80. The summed E-state index contributed by atoms with van der Waals surface area (Å²) in [6.45, 7) is 0. The van der Waals surface area contributed by atoms with Crippen molar-refractivity contribution in [2.45, 2.75) is 10.6 Å². The zero-order valence-corrected chi connectivity index (χ0v) is 14.2. The Morgan fingerprint density at radius 1 is 1.09 bits per heavy atom. The highest BCUT2D eigenvalue weighted by Crippen LogP contribution is 2.32. The summed E-state index contributed by atoms with van der Waals surface area (Å²) in [4.78, 5) is 6.43. The van der Waals surface area contributed by atoms with Gasteiger partial charge in [0.15, 0.2) is 0 Å². The van der Waals surface area contributed by atoms with Crippen LogP contribution in [0, 0.1) is 0 Å². The Hall–Kier alpha value is -1.89. The number of nitrogens with zero attached hydrogens (tertiary/aromatic N) is 3. The summed E-state index contributed by atoms with van der Waals surface area (Å²) in [5.41, 5.74) is 0.991. The smallest absolute Gasteiger partial charge is 0.257 e. The van der Waals surface area contributed by atoms with Gasteiger partial charge in [0.05, 0.1) is 20.5 Å². The lowest BCUT2D eigenvalue weighted by Crippen LogP contribution is -1.84. The molecule has 3 aromatic heterocycles. The first-order valence-corrected chi connectivity index (χ1v) is 9.02. The lowest BCUT2D eigenvalue weighted by molar-refractivity contribution is 0.529. The zero-order valence-electron chi connectivity index (χ0n) is 11.8. The van der Waals surface area contributed by atoms with Crippen LogP contribution in [0.2, 0.25) is 4.34 Å². The van der Waals surface area contributed by atoms with Crippen molar-refractivity contribution in [3.63, 3.8) is 0 Å². The number of pyridine rings is 1. The quantitative estimate of drug-likeness (QED) is 0.463. The van der Waals surface area contributed by atoms with E-state index in [4.69, 9.17) is 16.0 Å². The predicted molar refractivity (Wildman–Crippen MR) is 93.9 cm³/mol. The molecule has 23 heavy (non-hydrogen) atoms. The number of hydrogen-bond acceptors (Lipinski definition) is 6. The normalized spacial score (nSPS) is 11.2. The molecule has 0 saturated heterocycles. The van der Waals surface area contributed by atoms with Crippen LogP contribution in [0.25, 0.3) is 21.7 Å². The van der Waals surface area contributed by atoms with Gasteiger partial charge in [-0.2, -0.15) is 0 Å². The molecule has 4 aromatic rings. The maximum absolute atomic E-state index is 5.93. The lowest BCUT2D eigenvalue weighted by Gasteiger charge is -2.03. The minimum atomic E-state index is 0.508. The van der Waals surface area contributed by atoms with Crippen LogP contribution in [0.15, 0.2) is 58.0 Å². The summed E-state index contributed by atoms with van der Waals surface area (Å²) in [6, 6.07) is 13.8. The molecular weight excluding hydrogens is 350 g/mol. The largest absolute Gasteiger partial charge is 0.419 e. The molecule has 0 aliphatic heterocycles. The molecule has 0 radical (unpaired) electrons. The molecule has 114 valence electrons. The van der Waals surface area contributed by atoms with E-state index in [1.54, 1.807) is 18.0 Å².